The van der Waals surface area contributed by atoms with Gasteiger partial charge in [-0.2, -0.15) is 0 Å². The number of anilines is 1. The molecule has 0 bridgehead atoms. The maximum atomic E-state index is 11.0. The van der Waals surface area contributed by atoms with Crippen LogP contribution in [0.3, 0.4) is 0 Å². The molecule has 0 saturated heterocycles. The highest BCUT2D eigenvalue weighted by atomic mass is 32.2. The second-order valence-electron chi connectivity index (χ2n) is 3.64. The molecule has 1 aromatic carbocycles. The topological polar surface area (TPSA) is 72.2 Å². The van der Waals surface area contributed by atoms with Crippen molar-refractivity contribution in [2.24, 2.45) is 5.14 Å². The van der Waals surface area contributed by atoms with E-state index in [-0.39, 0.29) is 10.9 Å². The summed E-state index contributed by atoms with van der Waals surface area (Å²) in [4.78, 5) is 0.120. The second kappa shape index (κ2) is 5.14. The molecule has 0 radical (unpaired) electrons. The molecule has 0 aromatic heterocycles. The SMILES string of the molecule is C=CCC(C)Nc1ccc(S(N)(=O)=O)cc1. The van der Waals surface area contributed by atoms with Crippen LogP contribution in [-0.2, 0) is 10.0 Å². The zero-order valence-electron chi connectivity index (χ0n) is 9.18. The summed E-state index contributed by atoms with van der Waals surface area (Å²) < 4.78 is 22.0. The summed E-state index contributed by atoms with van der Waals surface area (Å²) in [5, 5.41) is 8.21. The van der Waals surface area contributed by atoms with Crippen LogP contribution >= 0.6 is 0 Å². The summed E-state index contributed by atoms with van der Waals surface area (Å²) in [5.74, 6) is 0. The Labute approximate surface area is 96.2 Å². The number of primary sulfonamides is 1. The van der Waals surface area contributed by atoms with Gasteiger partial charge in [0, 0.05) is 11.7 Å². The fraction of sp³-hybridized carbons (Fsp3) is 0.273. The highest BCUT2D eigenvalue weighted by Crippen LogP contribution is 2.14. The molecule has 1 unspecified atom stereocenters. The zero-order chi connectivity index (χ0) is 12.2. The Bertz CT molecular complexity index is 451. The molecule has 0 amide bonds. The molecule has 1 rings (SSSR count). The lowest BCUT2D eigenvalue weighted by atomic mass is 10.2. The summed E-state index contributed by atoms with van der Waals surface area (Å²) >= 11 is 0. The van der Waals surface area contributed by atoms with E-state index in [0.717, 1.165) is 12.1 Å². The molecule has 16 heavy (non-hydrogen) atoms. The van der Waals surface area contributed by atoms with Gasteiger partial charge >= 0.3 is 0 Å². The van der Waals surface area contributed by atoms with Crippen molar-refractivity contribution in [2.45, 2.75) is 24.3 Å². The minimum absolute atomic E-state index is 0.120. The number of rotatable bonds is 5. The van der Waals surface area contributed by atoms with Gasteiger partial charge in [0.2, 0.25) is 10.0 Å². The van der Waals surface area contributed by atoms with Crippen LogP contribution in [0.4, 0.5) is 5.69 Å². The van der Waals surface area contributed by atoms with E-state index in [9.17, 15) is 8.42 Å². The first kappa shape index (κ1) is 12.7. The van der Waals surface area contributed by atoms with E-state index in [1.807, 2.05) is 13.0 Å². The van der Waals surface area contributed by atoms with Gasteiger partial charge in [0.25, 0.3) is 0 Å². The highest BCUT2D eigenvalue weighted by molar-refractivity contribution is 7.89. The molecule has 3 N–H and O–H groups in total. The lowest BCUT2D eigenvalue weighted by Crippen LogP contribution is -2.14. The number of hydrogen-bond acceptors (Lipinski definition) is 3. The summed E-state index contributed by atoms with van der Waals surface area (Å²) in [5.41, 5.74) is 0.863. The van der Waals surface area contributed by atoms with Crippen molar-refractivity contribution in [3.63, 3.8) is 0 Å². The van der Waals surface area contributed by atoms with Crippen molar-refractivity contribution >= 4 is 15.7 Å². The maximum absolute atomic E-state index is 11.0. The first-order chi connectivity index (χ1) is 7.43. The fourth-order valence-electron chi connectivity index (χ4n) is 1.33. The largest absolute Gasteiger partial charge is 0.382 e. The van der Waals surface area contributed by atoms with E-state index in [2.05, 4.69) is 11.9 Å². The van der Waals surface area contributed by atoms with Gasteiger partial charge in [-0.3, -0.25) is 0 Å². The molecule has 88 valence electrons. The van der Waals surface area contributed by atoms with E-state index >= 15 is 0 Å². The first-order valence-electron chi connectivity index (χ1n) is 4.94. The summed E-state index contributed by atoms with van der Waals surface area (Å²) in [6.45, 7) is 5.68. The van der Waals surface area contributed by atoms with Gasteiger partial charge in [-0.15, -0.1) is 6.58 Å². The Morgan fingerprint density at radius 2 is 2.00 bits per heavy atom. The molecular weight excluding hydrogens is 224 g/mol. The van der Waals surface area contributed by atoms with Crippen LogP contribution in [-0.4, -0.2) is 14.5 Å². The van der Waals surface area contributed by atoms with Gasteiger partial charge in [-0.1, -0.05) is 6.08 Å². The Balaban J connectivity index is 2.76. The minimum Gasteiger partial charge on any atom is -0.382 e. The van der Waals surface area contributed by atoms with Gasteiger partial charge < -0.3 is 5.32 Å². The molecule has 1 atom stereocenters. The van der Waals surface area contributed by atoms with E-state index in [1.54, 1.807) is 12.1 Å². The molecule has 0 heterocycles. The van der Waals surface area contributed by atoms with Crippen molar-refractivity contribution < 1.29 is 8.42 Å². The van der Waals surface area contributed by atoms with Crippen molar-refractivity contribution in [3.05, 3.63) is 36.9 Å². The molecular formula is C11H16N2O2S. The predicted octanol–water partition coefficient (Wildman–Crippen LogP) is 1.71. The fourth-order valence-corrected chi connectivity index (χ4v) is 1.85. The molecule has 4 nitrogen and oxygen atoms in total. The molecule has 0 saturated carbocycles. The third-order valence-electron chi connectivity index (χ3n) is 2.12. The Morgan fingerprint density at radius 1 is 1.44 bits per heavy atom. The van der Waals surface area contributed by atoms with Crippen LogP contribution < -0.4 is 10.5 Å². The van der Waals surface area contributed by atoms with Crippen LogP contribution in [0.2, 0.25) is 0 Å². The van der Waals surface area contributed by atoms with Crippen LogP contribution in [0.5, 0.6) is 0 Å². The third kappa shape index (κ3) is 3.67. The van der Waals surface area contributed by atoms with E-state index in [0.29, 0.717) is 0 Å². The quantitative estimate of drug-likeness (QED) is 0.770. The highest BCUT2D eigenvalue weighted by Gasteiger charge is 2.07. The molecule has 1 aromatic rings. The maximum Gasteiger partial charge on any atom is 0.238 e. The van der Waals surface area contributed by atoms with Gasteiger partial charge in [0.05, 0.1) is 4.90 Å². The normalized spacial score (nSPS) is 13.1. The van der Waals surface area contributed by atoms with Crippen LogP contribution in [0, 0.1) is 0 Å². The van der Waals surface area contributed by atoms with E-state index in [1.165, 1.54) is 12.1 Å². The molecule has 0 spiro atoms. The number of nitrogens with one attached hydrogen (secondary N) is 1. The molecule has 0 fully saturated rings. The third-order valence-corrected chi connectivity index (χ3v) is 3.05. The summed E-state index contributed by atoms with van der Waals surface area (Å²) in [7, 11) is -3.60. The molecule has 5 heteroatoms. The van der Waals surface area contributed by atoms with Crippen LogP contribution in [0.15, 0.2) is 41.8 Å². The monoisotopic (exact) mass is 240 g/mol. The Morgan fingerprint density at radius 3 is 2.44 bits per heavy atom. The number of benzene rings is 1. The summed E-state index contributed by atoms with van der Waals surface area (Å²) in [6, 6.07) is 6.62. The smallest absolute Gasteiger partial charge is 0.238 e. The van der Waals surface area contributed by atoms with Gasteiger partial charge in [0.15, 0.2) is 0 Å². The minimum atomic E-state index is -3.60. The van der Waals surface area contributed by atoms with Gasteiger partial charge in [-0.05, 0) is 37.6 Å². The standard InChI is InChI=1S/C11H16N2O2S/c1-3-4-9(2)13-10-5-7-11(8-6-10)16(12,14)15/h3,5-9,13H,1,4H2,2H3,(H2,12,14,15). The van der Waals surface area contributed by atoms with Crippen LogP contribution in [0.1, 0.15) is 13.3 Å². The van der Waals surface area contributed by atoms with Crippen molar-refractivity contribution in [2.75, 3.05) is 5.32 Å². The first-order valence-corrected chi connectivity index (χ1v) is 6.48. The number of hydrogen-bond donors (Lipinski definition) is 2. The van der Waals surface area contributed by atoms with Crippen LogP contribution in [0.25, 0.3) is 0 Å². The van der Waals surface area contributed by atoms with E-state index in [4.69, 9.17) is 5.14 Å². The number of nitrogens with two attached hydrogens (primary N) is 1. The Kier molecular flexibility index (Phi) is 4.09. The average molecular weight is 240 g/mol. The van der Waals surface area contributed by atoms with Gasteiger partial charge in [-0.25, -0.2) is 13.6 Å². The average Bonchev–Trinajstić information content (AvgIpc) is 2.17. The van der Waals surface area contributed by atoms with Crippen molar-refractivity contribution in [1.82, 2.24) is 0 Å². The van der Waals surface area contributed by atoms with Gasteiger partial charge in [0.1, 0.15) is 0 Å². The van der Waals surface area contributed by atoms with Crippen molar-refractivity contribution in [1.29, 1.82) is 0 Å². The lowest BCUT2D eigenvalue weighted by molar-refractivity contribution is 0.598. The second-order valence-corrected chi connectivity index (χ2v) is 5.20. The molecule has 0 aliphatic heterocycles. The predicted molar refractivity (Wildman–Crippen MR) is 65.7 cm³/mol. The molecule has 0 aliphatic rings. The summed E-state index contributed by atoms with van der Waals surface area (Å²) in [6.07, 6.45) is 2.67. The van der Waals surface area contributed by atoms with E-state index < -0.39 is 10.0 Å². The molecule has 0 aliphatic carbocycles. The Hall–Kier alpha value is -1.33. The van der Waals surface area contributed by atoms with Crippen molar-refractivity contribution in [3.8, 4) is 0 Å². The number of sulfonamides is 1. The zero-order valence-corrected chi connectivity index (χ0v) is 10.00. The lowest BCUT2D eigenvalue weighted by Gasteiger charge is -2.13.